The second-order valence-corrected chi connectivity index (χ2v) is 6.86. The molecule has 1 aromatic heterocycles. The molecule has 124 valence electrons. The maximum atomic E-state index is 12.8. The van der Waals surface area contributed by atoms with Crippen LogP contribution in [0.25, 0.3) is 0 Å². The number of aryl methyl sites for hydroxylation is 1. The van der Waals surface area contributed by atoms with Gasteiger partial charge in [0.2, 0.25) is 5.91 Å². The lowest BCUT2D eigenvalue weighted by molar-refractivity contribution is -0.120. The largest absolute Gasteiger partial charge is 0.314 e. The molecule has 2 aromatic rings. The zero-order valence-electron chi connectivity index (χ0n) is 14.8. The molecular formula is C18H26N4O. The van der Waals surface area contributed by atoms with E-state index < -0.39 is 6.04 Å². The van der Waals surface area contributed by atoms with Crippen molar-refractivity contribution in [1.29, 1.82) is 0 Å². The van der Waals surface area contributed by atoms with Crippen molar-refractivity contribution >= 4 is 11.6 Å². The van der Waals surface area contributed by atoms with Crippen LogP contribution in [0.4, 0.5) is 5.69 Å². The predicted octanol–water partition coefficient (Wildman–Crippen LogP) is 2.64. The van der Waals surface area contributed by atoms with Crippen LogP contribution >= 0.6 is 0 Å². The van der Waals surface area contributed by atoms with Gasteiger partial charge in [0, 0.05) is 31.5 Å². The molecule has 0 aliphatic carbocycles. The molecule has 1 atom stereocenters. The number of nitrogens with zero attached hydrogens (tertiary/aromatic N) is 3. The van der Waals surface area contributed by atoms with E-state index in [-0.39, 0.29) is 11.3 Å². The fourth-order valence-electron chi connectivity index (χ4n) is 2.53. The van der Waals surface area contributed by atoms with Crippen LogP contribution in [0.1, 0.15) is 37.9 Å². The van der Waals surface area contributed by atoms with Gasteiger partial charge in [0.1, 0.15) is 6.04 Å². The molecule has 1 unspecified atom stereocenters. The molecule has 1 amide bonds. The number of carbonyl (C=O) groups is 1. The van der Waals surface area contributed by atoms with Gasteiger partial charge in [0.15, 0.2) is 0 Å². The van der Waals surface area contributed by atoms with Crippen molar-refractivity contribution in [2.75, 3.05) is 19.0 Å². The summed E-state index contributed by atoms with van der Waals surface area (Å²) in [5.74, 6) is -0.0102. The summed E-state index contributed by atoms with van der Waals surface area (Å²) in [6, 6.07) is 7.74. The first-order chi connectivity index (χ1) is 10.7. The highest BCUT2D eigenvalue weighted by Crippen LogP contribution is 2.25. The molecule has 1 heterocycles. The van der Waals surface area contributed by atoms with Crippen LogP contribution in [-0.2, 0) is 17.3 Å². The number of anilines is 1. The first-order valence-electron chi connectivity index (χ1n) is 7.78. The molecule has 5 nitrogen and oxygen atoms in total. The fourth-order valence-corrected chi connectivity index (χ4v) is 2.53. The van der Waals surface area contributed by atoms with Gasteiger partial charge in [-0.15, -0.1) is 0 Å². The van der Waals surface area contributed by atoms with Crippen molar-refractivity contribution in [2.45, 2.75) is 32.2 Å². The first-order valence-corrected chi connectivity index (χ1v) is 7.78. The smallest absolute Gasteiger partial charge is 0.248 e. The summed E-state index contributed by atoms with van der Waals surface area (Å²) in [5, 5.41) is 7.22. The Bertz CT molecular complexity index is 667. The van der Waals surface area contributed by atoms with Gasteiger partial charge in [-0.1, -0.05) is 32.9 Å². The first kappa shape index (κ1) is 17.2. The Kier molecular flexibility index (Phi) is 4.90. The maximum Gasteiger partial charge on any atom is 0.248 e. The van der Waals surface area contributed by atoms with Crippen LogP contribution in [-0.4, -0.2) is 29.8 Å². The fraction of sp³-hybridized carbons (Fsp3) is 0.444. The number of aromatic nitrogens is 2. The van der Waals surface area contributed by atoms with E-state index in [9.17, 15) is 4.79 Å². The lowest BCUT2D eigenvalue weighted by Crippen LogP contribution is -2.37. The van der Waals surface area contributed by atoms with Crippen LogP contribution in [0.5, 0.6) is 0 Å². The normalized spacial score (nSPS) is 13.0. The predicted molar refractivity (Wildman–Crippen MR) is 93.6 cm³/mol. The third kappa shape index (κ3) is 3.79. The molecule has 0 saturated heterocycles. The third-order valence-corrected chi connectivity index (χ3v) is 4.05. The lowest BCUT2D eigenvalue weighted by Gasteiger charge is -2.24. The van der Waals surface area contributed by atoms with E-state index in [0.29, 0.717) is 0 Å². The molecule has 1 N–H and O–H groups in total. The average Bonchev–Trinajstić information content (AvgIpc) is 2.92. The molecular weight excluding hydrogens is 288 g/mol. The number of likely N-dealkylation sites (N-methyl/N-ethyl adjacent to an activating group) is 2. The molecule has 1 aromatic carbocycles. The van der Waals surface area contributed by atoms with Crippen LogP contribution in [0, 0.1) is 0 Å². The van der Waals surface area contributed by atoms with Gasteiger partial charge in [-0.3, -0.25) is 9.48 Å². The second kappa shape index (κ2) is 6.54. The molecule has 2 rings (SSSR count). The van der Waals surface area contributed by atoms with Crippen molar-refractivity contribution in [3.63, 3.8) is 0 Å². The molecule has 23 heavy (non-hydrogen) atoms. The maximum absolute atomic E-state index is 12.8. The van der Waals surface area contributed by atoms with Crippen LogP contribution in [0.15, 0.2) is 36.7 Å². The standard InChI is InChI=1S/C18H26N4O/c1-18(2,3)14-7-9-15(10-8-14)22(6)17(23)16(19-4)13-11-20-21(5)12-13/h7-12,16,19H,1-6H3. The number of rotatable bonds is 4. The van der Waals surface area contributed by atoms with E-state index in [1.165, 1.54) is 5.56 Å². The number of amides is 1. The Morgan fingerprint density at radius 3 is 2.30 bits per heavy atom. The van der Waals surface area contributed by atoms with E-state index in [0.717, 1.165) is 11.3 Å². The van der Waals surface area contributed by atoms with Crippen LogP contribution < -0.4 is 10.2 Å². The van der Waals surface area contributed by atoms with E-state index in [4.69, 9.17) is 0 Å². The SMILES string of the molecule is CNC(C(=O)N(C)c1ccc(C(C)(C)C)cc1)c1cnn(C)c1. The highest BCUT2D eigenvalue weighted by molar-refractivity contribution is 5.97. The lowest BCUT2D eigenvalue weighted by atomic mass is 9.87. The Morgan fingerprint density at radius 1 is 1.26 bits per heavy atom. The van der Waals surface area contributed by atoms with Gasteiger partial charge in [0.05, 0.1) is 6.20 Å². The molecule has 0 bridgehead atoms. The molecule has 0 fully saturated rings. The van der Waals surface area contributed by atoms with Gasteiger partial charge >= 0.3 is 0 Å². The van der Waals surface area contributed by atoms with Gasteiger partial charge in [-0.2, -0.15) is 5.10 Å². The summed E-state index contributed by atoms with van der Waals surface area (Å²) >= 11 is 0. The van der Waals surface area contributed by atoms with Crippen molar-refractivity contribution in [3.05, 3.63) is 47.8 Å². The van der Waals surface area contributed by atoms with Gasteiger partial charge in [-0.25, -0.2) is 0 Å². The summed E-state index contributed by atoms with van der Waals surface area (Å²) < 4.78 is 1.70. The summed E-state index contributed by atoms with van der Waals surface area (Å²) in [4.78, 5) is 14.5. The van der Waals surface area contributed by atoms with Crippen molar-refractivity contribution in [1.82, 2.24) is 15.1 Å². The van der Waals surface area contributed by atoms with E-state index >= 15 is 0 Å². The summed E-state index contributed by atoms with van der Waals surface area (Å²) in [7, 11) is 5.43. The minimum absolute atomic E-state index is 0.0102. The summed E-state index contributed by atoms with van der Waals surface area (Å²) in [5.41, 5.74) is 3.09. The quantitative estimate of drug-likeness (QED) is 0.944. The molecule has 0 aliphatic rings. The average molecular weight is 314 g/mol. The number of hydrogen-bond donors (Lipinski definition) is 1. The summed E-state index contributed by atoms with van der Waals surface area (Å²) in [6.45, 7) is 6.53. The zero-order chi connectivity index (χ0) is 17.2. The molecule has 5 heteroatoms. The second-order valence-electron chi connectivity index (χ2n) is 6.86. The van der Waals surface area contributed by atoms with Crippen molar-refractivity contribution < 1.29 is 4.79 Å². The Labute approximate surface area is 138 Å². The highest BCUT2D eigenvalue weighted by Gasteiger charge is 2.24. The molecule has 0 aliphatic heterocycles. The zero-order valence-corrected chi connectivity index (χ0v) is 14.8. The number of benzene rings is 1. The molecule has 0 radical (unpaired) electrons. The minimum Gasteiger partial charge on any atom is -0.314 e. The topological polar surface area (TPSA) is 50.2 Å². The van der Waals surface area contributed by atoms with E-state index in [2.05, 4.69) is 43.3 Å². The summed E-state index contributed by atoms with van der Waals surface area (Å²) in [6.07, 6.45) is 3.57. The number of hydrogen-bond acceptors (Lipinski definition) is 3. The van der Waals surface area contributed by atoms with Gasteiger partial charge < -0.3 is 10.2 Å². The minimum atomic E-state index is -0.406. The highest BCUT2D eigenvalue weighted by atomic mass is 16.2. The van der Waals surface area contributed by atoms with Gasteiger partial charge in [0.25, 0.3) is 0 Å². The Balaban J connectivity index is 2.21. The van der Waals surface area contributed by atoms with Crippen molar-refractivity contribution in [3.8, 4) is 0 Å². The van der Waals surface area contributed by atoms with Crippen molar-refractivity contribution in [2.24, 2.45) is 7.05 Å². The van der Waals surface area contributed by atoms with Crippen LogP contribution in [0.2, 0.25) is 0 Å². The Morgan fingerprint density at radius 2 is 1.87 bits per heavy atom. The molecule has 0 saturated carbocycles. The molecule has 0 spiro atoms. The van der Waals surface area contributed by atoms with Gasteiger partial charge in [-0.05, 0) is 30.2 Å². The van der Waals surface area contributed by atoms with E-state index in [1.54, 1.807) is 29.9 Å². The monoisotopic (exact) mass is 314 g/mol. The number of carbonyl (C=O) groups excluding carboxylic acids is 1. The Hall–Kier alpha value is -2.14. The third-order valence-electron chi connectivity index (χ3n) is 4.05. The number of nitrogens with one attached hydrogen (secondary N) is 1. The van der Waals surface area contributed by atoms with E-state index in [1.807, 2.05) is 25.4 Å². The van der Waals surface area contributed by atoms with Crippen LogP contribution in [0.3, 0.4) is 0 Å².